The van der Waals surface area contributed by atoms with Gasteiger partial charge in [0.1, 0.15) is 0 Å². The standard InChI is InChI=1S/C19H30N2OS/c1-17(2,3)14-10-9-13-12(11-22-19(13,7)8)15(14)20-16(23)21-18(4,5)6/h9-10H,11H2,1-8H3,(H2,20,21,23). The van der Waals surface area contributed by atoms with Crippen molar-refractivity contribution in [1.29, 1.82) is 0 Å². The minimum atomic E-state index is -0.249. The Morgan fingerprint density at radius 1 is 1.13 bits per heavy atom. The molecule has 0 aliphatic carbocycles. The Bertz CT molecular complexity index is 621. The third-order valence-corrected chi connectivity index (χ3v) is 4.28. The van der Waals surface area contributed by atoms with E-state index in [4.69, 9.17) is 17.0 Å². The van der Waals surface area contributed by atoms with Gasteiger partial charge in [0.05, 0.1) is 12.2 Å². The fraction of sp³-hybridized carbons (Fsp3) is 0.632. The van der Waals surface area contributed by atoms with Crippen LogP contribution in [-0.2, 0) is 22.4 Å². The molecule has 1 heterocycles. The fourth-order valence-corrected chi connectivity index (χ4v) is 3.35. The highest BCUT2D eigenvalue weighted by Crippen LogP contribution is 2.43. The van der Waals surface area contributed by atoms with Crippen LogP contribution < -0.4 is 10.6 Å². The SMILES string of the molecule is CC(C)(C)NC(=S)Nc1c(C(C)(C)C)ccc2c1COC2(C)C. The molecule has 0 unspecified atom stereocenters. The molecular formula is C19H30N2OS. The lowest BCUT2D eigenvalue weighted by Gasteiger charge is -2.29. The molecule has 128 valence electrons. The fourth-order valence-electron chi connectivity index (χ4n) is 2.95. The average Bonchev–Trinajstić information content (AvgIpc) is 2.62. The van der Waals surface area contributed by atoms with Crippen LogP contribution in [0.25, 0.3) is 0 Å². The number of nitrogens with one attached hydrogen (secondary N) is 2. The van der Waals surface area contributed by atoms with E-state index in [-0.39, 0.29) is 16.6 Å². The molecule has 1 aliphatic heterocycles. The Morgan fingerprint density at radius 3 is 2.26 bits per heavy atom. The van der Waals surface area contributed by atoms with Gasteiger partial charge in [0.2, 0.25) is 0 Å². The quantitative estimate of drug-likeness (QED) is 0.720. The lowest BCUT2D eigenvalue weighted by Crippen LogP contribution is -2.43. The Hall–Kier alpha value is -1.13. The van der Waals surface area contributed by atoms with E-state index in [1.165, 1.54) is 16.7 Å². The number of hydrogen-bond acceptors (Lipinski definition) is 2. The Labute approximate surface area is 146 Å². The molecule has 0 atom stereocenters. The summed E-state index contributed by atoms with van der Waals surface area (Å²) in [6, 6.07) is 4.41. The van der Waals surface area contributed by atoms with Gasteiger partial charge in [-0.25, -0.2) is 0 Å². The highest BCUT2D eigenvalue weighted by Gasteiger charge is 2.35. The molecule has 0 spiro atoms. The second-order valence-corrected chi connectivity index (χ2v) is 9.30. The Morgan fingerprint density at radius 2 is 1.74 bits per heavy atom. The first-order valence-corrected chi connectivity index (χ1v) is 8.62. The number of rotatable bonds is 1. The molecule has 0 radical (unpaired) electrons. The van der Waals surface area contributed by atoms with Gasteiger partial charge < -0.3 is 15.4 Å². The molecule has 0 saturated carbocycles. The molecule has 1 aromatic carbocycles. The van der Waals surface area contributed by atoms with Gasteiger partial charge in [-0.1, -0.05) is 32.9 Å². The van der Waals surface area contributed by atoms with E-state index in [1.54, 1.807) is 0 Å². The van der Waals surface area contributed by atoms with Crippen LogP contribution >= 0.6 is 12.2 Å². The van der Waals surface area contributed by atoms with E-state index in [9.17, 15) is 0 Å². The second-order valence-electron chi connectivity index (χ2n) is 8.89. The number of hydrogen-bond donors (Lipinski definition) is 2. The molecule has 0 amide bonds. The summed E-state index contributed by atoms with van der Waals surface area (Å²) in [5.41, 5.74) is 4.53. The zero-order chi connectivity index (χ0) is 17.6. The summed E-state index contributed by atoms with van der Waals surface area (Å²) in [5, 5.41) is 7.44. The molecular weight excluding hydrogens is 304 g/mol. The molecule has 3 nitrogen and oxygen atoms in total. The van der Waals surface area contributed by atoms with Crippen molar-refractivity contribution in [3.05, 3.63) is 28.8 Å². The number of ether oxygens (including phenoxy) is 1. The molecule has 0 saturated heterocycles. The van der Waals surface area contributed by atoms with Crippen LogP contribution in [0.5, 0.6) is 0 Å². The van der Waals surface area contributed by atoms with Crippen molar-refractivity contribution >= 4 is 23.0 Å². The first kappa shape index (κ1) is 18.2. The molecule has 1 aromatic rings. The van der Waals surface area contributed by atoms with Gasteiger partial charge in [0, 0.05) is 16.8 Å². The third-order valence-electron chi connectivity index (χ3n) is 4.07. The highest BCUT2D eigenvalue weighted by molar-refractivity contribution is 7.80. The summed E-state index contributed by atoms with van der Waals surface area (Å²) in [4.78, 5) is 0. The summed E-state index contributed by atoms with van der Waals surface area (Å²) in [7, 11) is 0. The van der Waals surface area contributed by atoms with Gasteiger partial charge in [-0.3, -0.25) is 0 Å². The van der Waals surface area contributed by atoms with Crippen molar-refractivity contribution in [3.63, 3.8) is 0 Å². The Kier molecular flexibility index (Phi) is 4.55. The van der Waals surface area contributed by atoms with E-state index in [2.05, 4.69) is 78.2 Å². The number of fused-ring (bicyclic) bond motifs is 1. The van der Waals surface area contributed by atoms with Crippen molar-refractivity contribution in [1.82, 2.24) is 5.32 Å². The Balaban J connectivity index is 2.47. The molecule has 0 aromatic heterocycles. The maximum atomic E-state index is 6.00. The molecule has 0 fully saturated rings. The van der Waals surface area contributed by atoms with Crippen LogP contribution in [0.15, 0.2) is 12.1 Å². The van der Waals surface area contributed by atoms with Crippen LogP contribution in [0.2, 0.25) is 0 Å². The minimum Gasteiger partial charge on any atom is -0.366 e. The minimum absolute atomic E-state index is 0.0292. The van der Waals surface area contributed by atoms with Crippen molar-refractivity contribution in [2.24, 2.45) is 0 Å². The van der Waals surface area contributed by atoms with E-state index < -0.39 is 0 Å². The maximum Gasteiger partial charge on any atom is 0.171 e. The van der Waals surface area contributed by atoms with E-state index in [1.807, 2.05) is 0 Å². The predicted octanol–water partition coefficient (Wildman–Crippen LogP) is 4.83. The van der Waals surface area contributed by atoms with Gasteiger partial charge in [0.15, 0.2) is 5.11 Å². The van der Waals surface area contributed by atoms with Crippen molar-refractivity contribution in [3.8, 4) is 0 Å². The zero-order valence-electron chi connectivity index (χ0n) is 15.7. The van der Waals surface area contributed by atoms with E-state index >= 15 is 0 Å². The molecule has 0 bridgehead atoms. The van der Waals surface area contributed by atoms with Gasteiger partial charge in [0.25, 0.3) is 0 Å². The van der Waals surface area contributed by atoms with E-state index in [0.717, 1.165) is 5.69 Å². The van der Waals surface area contributed by atoms with Crippen LogP contribution in [0, 0.1) is 0 Å². The average molecular weight is 335 g/mol. The van der Waals surface area contributed by atoms with Crippen LogP contribution in [0.4, 0.5) is 5.69 Å². The van der Waals surface area contributed by atoms with Crippen LogP contribution in [-0.4, -0.2) is 10.7 Å². The van der Waals surface area contributed by atoms with Crippen LogP contribution in [0.1, 0.15) is 72.1 Å². The van der Waals surface area contributed by atoms with Crippen molar-refractivity contribution < 1.29 is 4.74 Å². The smallest absolute Gasteiger partial charge is 0.171 e. The van der Waals surface area contributed by atoms with Crippen molar-refractivity contribution in [2.75, 3.05) is 5.32 Å². The van der Waals surface area contributed by atoms with E-state index in [0.29, 0.717) is 11.7 Å². The molecule has 23 heavy (non-hydrogen) atoms. The van der Waals surface area contributed by atoms with Gasteiger partial charge in [-0.05, 0) is 63.4 Å². The van der Waals surface area contributed by atoms with Gasteiger partial charge in [-0.2, -0.15) is 0 Å². The maximum absolute atomic E-state index is 6.00. The summed E-state index contributed by atoms with van der Waals surface area (Å²) < 4.78 is 6.00. The monoisotopic (exact) mass is 334 g/mol. The topological polar surface area (TPSA) is 33.3 Å². The predicted molar refractivity (Wildman–Crippen MR) is 102 cm³/mol. The summed E-state index contributed by atoms with van der Waals surface area (Å²) in [6.45, 7) is 17.8. The zero-order valence-corrected chi connectivity index (χ0v) is 16.5. The van der Waals surface area contributed by atoms with Gasteiger partial charge >= 0.3 is 0 Å². The largest absolute Gasteiger partial charge is 0.366 e. The lowest BCUT2D eigenvalue weighted by molar-refractivity contribution is -0.00780. The second kappa shape index (κ2) is 5.75. The molecule has 1 aliphatic rings. The van der Waals surface area contributed by atoms with Crippen molar-refractivity contribution in [2.45, 2.75) is 78.6 Å². The third kappa shape index (κ3) is 4.04. The molecule has 4 heteroatoms. The number of anilines is 1. The number of benzene rings is 1. The first-order valence-electron chi connectivity index (χ1n) is 8.21. The number of thiocarbonyl (C=S) groups is 1. The molecule has 2 N–H and O–H groups in total. The molecule has 2 rings (SSSR count). The normalized spacial score (nSPS) is 16.9. The summed E-state index contributed by atoms with van der Waals surface area (Å²) >= 11 is 5.53. The first-order chi connectivity index (χ1) is 10.3. The lowest BCUT2D eigenvalue weighted by atomic mass is 9.82. The summed E-state index contributed by atoms with van der Waals surface area (Å²) in [5.74, 6) is 0. The summed E-state index contributed by atoms with van der Waals surface area (Å²) in [6.07, 6.45) is 0. The van der Waals surface area contributed by atoms with Gasteiger partial charge in [-0.15, -0.1) is 0 Å². The van der Waals surface area contributed by atoms with Crippen LogP contribution in [0.3, 0.4) is 0 Å². The highest BCUT2D eigenvalue weighted by atomic mass is 32.1.